The van der Waals surface area contributed by atoms with Crippen molar-refractivity contribution < 1.29 is 9.84 Å². The molecule has 0 fully saturated rings. The molecule has 1 N–H and O–H groups in total. The summed E-state index contributed by atoms with van der Waals surface area (Å²) < 4.78 is 5.27. The number of nitrogens with zero attached hydrogens (tertiary/aromatic N) is 3. The van der Waals surface area contributed by atoms with Gasteiger partial charge in [-0.3, -0.25) is 0 Å². The van der Waals surface area contributed by atoms with Gasteiger partial charge in [0.25, 0.3) is 0 Å². The smallest absolute Gasteiger partial charge is 0.162 e. The highest BCUT2D eigenvalue weighted by Gasteiger charge is 2.23. The van der Waals surface area contributed by atoms with Crippen molar-refractivity contribution in [1.82, 2.24) is 9.97 Å². The van der Waals surface area contributed by atoms with Crippen molar-refractivity contribution in [3.63, 3.8) is 0 Å². The van der Waals surface area contributed by atoms with Gasteiger partial charge >= 0.3 is 0 Å². The monoisotopic (exact) mass is 393 g/mol. The van der Waals surface area contributed by atoms with Crippen LogP contribution in [0.5, 0.6) is 5.75 Å². The molecule has 1 aliphatic rings. The van der Waals surface area contributed by atoms with Gasteiger partial charge in [0.05, 0.1) is 19.4 Å². The van der Waals surface area contributed by atoms with Crippen LogP contribution in [0.4, 0.5) is 5.82 Å². The summed E-state index contributed by atoms with van der Waals surface area (Å²) in [5, 5.41) is 9.46. The topological polar surface area (TPSA) is 58.5 Å². The molecule has 2 heterocycles. The van der Waals surface area contributed by atoms with Crippen molar-refractivity contribution >= 4 is 17.6 Å². The number of ether oxygens (including phenoxy) is 1. The van der Waals surface area contributed by atoms with Crippen LogP contribution in [0.3, 0.4) is 0 Å². The third kappa shape index (κ3) is 3.57. The number of anilines is 1. The van der Waals surface area contributed by atoms with Crippen molar-refractivity contribution in [2.75, 3.05) is 38.0 Å². The van der Waals surface area contributed by atoms with E-state index in [9.17, 15) is 5.11 Å². The number of aromatic nitrogens is 2. The first-order chi connectivity index (χ1) is 13.7. The Morgan fingerprint density at radius 3 is 2.64 bits per heavy atom. The molecule has 0 spiro atoms. The van der Waals surface area contributed by atoms with E-state index in [0.29, 0.717) is 12.4 Å². The van der Waals surface area contributed by atoms with Gasteiger partial charge in [-0.2, -0.15) is 0 Å². The fourth-order valence-electron chi connectivity index (χ4n) is 3.42. The molecule has 28 heavy (non-hydrogen) atoms. The fraction of sp³-hybridized carbons (Fsp3) is 0.273. The Balaban J connectivity index is 1.92. The van der Waals surface area contributed by atoms with Gasteiger partial charge in [-0.1, -0.05) is 18.2 Å². The third-order valence-electron chi connectivity index (χ3n) is 4.88. The number of benzene rings is 2. The third-order valence-corrected chi connectivity index (χ3v) is 5.96. The molecule has 0 saturated heterocycles. The molecule has 0 bridgehead atoms. The Kier molecular flexibility index (Phi) is 5.50. The van der Waals surface area contributed by atoms with Gasteiger partial charge in [0.1, 0.15) is 11.6 Å². The van der Waals surface area contributed by atoms with Crippen LogP contribution in [0, 0.1) is 0 Å². The highest BCUT2D eigenvalue weighted by Crippen LogP contribution is 2.40. The predicted octanol–water partition coefficient (Wildman–Crippen LogP) is 3.90. The summed E-state index contributed by atoms with van der Waals surface area (Å²) in [6.07, 6.45) is 0.892. The first-order valence-corrected chi connectivity index (χ1v) is 10.3. The second-order valence-electron chi connectivity index (χ2n) is 6.67. The van der Waals surface area contributed by atoms with Crippen LogP contribution >= 0.6 is 11.8 Å². The minimum absolute atomic E-state index is 0.0818. The highest BCUT2D eigenvalue weighted by atomic mass is 32.2. The highest BCUT2D eigenvalue weighted by molar-refractivity contribution is 7.99. The number of likely N-dealkylation sites (N-methyl/N-ethyl adjacent to an activating group) is 1. The lowest BCUT2D eigenvalue weighted by Crippen LogP contribution is -2.24. The van der Waals surface area contributed by atoms with E-state index in [2.05, 4.69) is 24.3 Å². The molecule has 0 saturated carbocycles. The zero-order valence-electron chi connectivity index (χ0n) is 16.1. The number of thioether (sulfide) groups is 1. The van der Waals surface area contributed by atoms with Gasteiger partial charge < -0.3 is 14.7 Å². The number of hydrogen-bond donors (Lipinski definition) is 1. The number of rotatable bonds is 5. The van der Waals surface area contributed by atoms with Crippen LogP contribution in [0.25, 0.3) is 22.6 Å². The summed E-state index contributed by atoms with van der Waals surface area (Å²) in [5.41, 5.74) is 4.22. The standard InChI is InChI=1S/C22H23N3O2S/c1-25(12-13-26)22-18-11-14-28-19-6-4-3-5-17(19)20(18)23-21(24-22)15-7-9-16(27-2)10-8-15/h3-10,26H,11-14H2,1-2H3. The van der Waals surface area contributed by atoms with E-state index in [1.807, 2.05) is 48.0 Å². The fourth-order valence-corrected chi connectivity index (χ4v) is 4.44. The Morgan fingerprint density at radius 1 is 1.11 bits per heavy atom. The molecule has 144 valence electrons. The van der Waals surface area contributed by atoms with E-state index < -0.39 is 0 Å². The van der Waals surface area contributed by atoms with Crippen LogP contribution in [-0.2, 0) is 6.42 Å². The summed E-state index contributed by atoms with van der Waals surface area (Å²) in [5.74, 6) is 3.36. The lowest BCUT2D eigenvalue weighted by atomic mass is 10.0. The van der Waals surface area contributed by atoms with Crippen LogP contribution in [0.15, 0.2) is 53.4 Å². The molecule has 1 aromatic heterocycles. The van der Waals surface area contributed by atoms with Gasteiger partial charge in [-0.25, -0.2) is 9.97 Å². The van der Waals surface area contributed by atoms with E-state index in [4.69, 9.17) is 14.7 Å². The second-order valence-corrected chi connectivity index (χ2v) is 7.80. The minimum Gasteiger partial charge on any atom is -0.497 e. The van der Waals surface area contributed by atoms with Crippen LogP contribution in [0.1, 0.15) is 5.56 Å². The lowest BCUT2D eigenvalue weighted by molar-refractivity contribution is 0.303. The number of aliphatic hydroxyl groups excluding tert-OH is 1. The maximum absolute atomic E-state index is 9.46. The molecule has 4 rings (SSSR count). The molecule has 0 atom stereocenters. The first kappa shape index (κ1) is 18.8. The zero-order chi connectivity index (χ0) is 19.5. The van der Waals surface area contributed by atoms with Gasteiger partial charge in [0, 0.05) is 40.9 Å². The number of hydrogen-bond acceptors (Lipinski definition) is 6. The van der Waals surface area contributed by atoms with E-state index in [-0.39, 0.29) is 6.61 Å². The van der Waals surface area contributed by atoms with Crippen molar-refractivity contribution in [3.8, 4) is 28.4 Å². The van der Waals surface area contributed by atoms with Crippen molar-refractivity contribution in [3.05, 3.63) is 54.1 Å². The zero-order valence-corrected chi connectivity index (χ0v) is 16.9. The van der Waals surface area contributed by atoms with E-state index in [0.717, 1.165) is 46.1 Å². The van der Waals surface area contributed by atoms with Gasteiger partial charge in [-0.05, 0) is 36.8 Å². The van der Waals surface area contributed by atoms with Crippen molar-refractivity contribution in [2.24, 2.45) is 0 Å². The average Bonchev–Trinajstić information content (AvgIpc) is 2.93. The maximum atomic E-state index is 9.46. The molecular formula is C22H23N3O2S. The molecular weight excluding hydrogens is 370 g/mol. The minimum atomic E-state index is 0.0818. The summed E-state index contributed by atoms with van der Waals surface area (Å²) in [6, 6.07) is 16.2. The quantitative estimate of drug-likeness (QED) is 0.710. The predicted molar refractivity (Wildman–Crippen MR) is 114 cm³/mol. The molecule has 6 heteroatoms. The Hall–Kier alpha value is -2.57. The SMILES string of the molecule is COc1ccc(-c2nc3c(c(N(C)CCO)n2)CCSc2ccccc2-3)cc1. The Bertz CT molecular complexity index is 976. The molecule has 1 aliphatic heterocycles. The van der Waals surface area contributed by atoms with Crippen LogP contribution in [-0.4, -0.2) is 48.1 Å². The Labute approximate surface area is 169 Å². The molecule has 0 amide bonds. The van der Waals surface area contributed by atoms with Gasteiger partial charge in [0.15, 0.2) is 5.82 Å². The normalized spacial score (nSPS) is 12.7. The summed E-state index contributed by atoms with van der Waals surface area (Å²) in [6.45, 7) is 0.610. The van der Waals surface area contributed by atoms with Crippen molar-refractivity contribution in [1.29, 1.82) is 0 Å². The second kappa shape index (κ2) is 8.20. The number of methoxy groups -OCH3 is 1. The van der Waals surface area contributed by atoms with E-state index in [1.165, 1.54) is 4.90 Å². The average molecular weight is 394 g/mol. The summed E-state index contributed by atoms with van der Waals surface area (Å²) >= 11 is 1.85. The number of fused-ring (bicyclic) bond motifs is 3. The first-order valence-electron chi connectivity index (χ1n) is 9.31. The molecule has 5 nitrogen and oxygen atoms in total. The number of aliphatic hydroxyl groups is 1. The van der Waals surface area contributed by atoms with Gasteiger partial charge in [0.2, 0.25) is 0 Å². The summed E-state index contributed by atoms with van der Waals surface area (Å²) in [7, 11) is 3.63. The molecule has 0 unspecified atom stereocenters. The lowest BCUT2D eigenvalue weighted by Gasteiger charge is -2.22. The van der Waals surface area contributed by atoms with Crippen molar-refractivity contribution in [2.45, 2.75) is 11.3 Å². The van der Waals surface area contributed by atoms with Crippen LogP contribution < -0.4 is 9.64 Å². The van der Waals surface area contributed by atoms with E-state index in [1.54, 1.807) is 7.11 Å². The molecule has 3 aromatic rings. The molecule has 0 aliphatic carbocycles. The largest absolute Gasteiger partial charge is 0.497 e. The summed E-state index contributed by atoms with van der Waals surface area (Å²) in [4.78, 5) is 13.2. The van der Waals surface area contributed by atoms with E-state index >= 15 is 0 Å². The Morgan fingerprint density at radius 2 is 1.89 bits per heavy atom. The maximum Gasteiger partial charge on any atom is 0.162 e. The molecule has 0 radical (unpaired) electrons. The van der Waals surface area contributed by atoms with Gasteiger partial charge in [-0.15, -0.1) is 11.8 Å². The van der Waals surface area contributed by atoms with Crippen LogP contribution in [0.2, 0.25) is 0 Å². The molecule has 2 aromatic carbocycles.